The number of benzene rings is 3. The van der Waals surface area contributed by atoms with Crippen LogP contribution in [-0.2, 0) is 24.7 Å². The molecule has 2 heterocycles. The summed E-state index contributed by atoms with van der Waals surface area (Å²) in [5, 5.41) is 21.4. The Balaban J connectivity index is 1.33. The number of tetrazole rings is 1. The molecule has 1 unspecified atom stereocenters. The fourth-order valence-corrected chi connectivity index (χ4v) is 4.11. The maximum atomic E-state index is 15.9. The zero-order valence-electron chi connectivity index (χ0n) is 21.9. The Morgan fingerprint density at radius 3 is 2.12 bits per heavy atom. The van der Waals surface area contributed by atoms with Crippen LogP contribution in [0.3, 0.4) is 0 Å². The van der Waals surface area contributed by atoms with Gasteiger partial charge in [0.25, 0.3) is 0 Å². The Hall–Kier alpha value is -5.22. The van der Waals surface area contributed by atoms with Gasteiger partial charge in [0.2, 0.25) is 0 Å². The topological polar surface area (TPSA) is 86.0 Å². The predicted octanol–water partition coefficient (Wildman–Crippen LogP) is 5.28. The summed E-state index contributed by atoms with van der Waals surface area (Å²) < 4.78 is 93.0. The lowest BCUT2D eigenvalue weighted by Gasteiger charge is -2.35. The standard InChI is InChI=1S/C30H19F6N5O2/c31-22-7-6-21(26(33)13-22)16-43-24-9-3-19(4-10-24)1-2-20-5-12-28(37-15-20)30(35,36)29(42,17-41-18-38-39-40-41)25-11-8-23(32)14-27(25)34/h3-15,18,42H,16-17H2. The van der Waals surface area contributed by atoms with Crippen LogP contribution in [0.4, 0.5) is 26.3 Å². The smallest absolute Gasteiger partial charge is 0.323 e. The van der Waals surface area contributed by atoms with E-state index in [4.69, 9.17) is 4.74 Å². The molecular weight excluding hydrogens is 576 g/mol. The van der Waals surface area contributed by atoms with E-state index in [2.05, 4.69) is 32.4 Å². The molecular formula is C30H19F6N5O2. The second-order valence-corrected chi connectivity index (χ2v) is 9.30. The summed E-state index contributed by atoms with van der Waals surface area (Å²) in [6, 6.07) is 13.6. The summed E-state index contributed by atoms with van der Waals surface area (Å²) in [5.41, 5.74) is -4.07. The van der Waals surface area contributed by atoms with E-state index in [9.17, 15) is 22.7 Å². The third kappa shape index (κ3) is 6.34. The third-order valence-corrected chi connectivity index (χ3v) is 6.38. The first-order valence-corrected chi connectivity index (χ1v) is 12.5. The second-order valence-electron chi connectivity index (χ2n) is 9.30. The van der Waals surface area contributed by atoms with Crippen molar-refractivity contribution in [3.8, 4) is 17.6 Å². The van der Waals surface area contributed by atoms with Crippen LogP contribution >= 0.6 is 0 Å². The molecule has 0 fully saturated rings. The normalized spacial score (nSPS) is 12.7. The van der Waals surface area contributed by atoms with Crippen LogP contribution in [0.1, 0.15) is 27.9 Å². The van der Waals surface area contributed by atoms with E-state index < -0.39 is 52.6 Å². The highest BCUT2D eigenvalue weighted by Crippen LogP contribution is 2.46. The molecule has 2 aromatic heterocycles. The quantitative estimate of drug-likeness (QED) is 0.194. The minimum atomic E-state index is -4.20. The lowest BCUT2D eigenvalue weighted by molar-refractivity contribution is -0.207. The molecule has 7 nitrogen and oxygen atoms in total. The third-order valence-electron chi connectivity index (χ3n) is 6.38. The minimum Gasteiger partial charge on any atom is -0.489 e. The van der Waals surface area contributed by atoms with Crippen LogP contribution < -0.4 is 4.74 Å². The van der Waals surface area contributed by atoms with Crippen LogP contribution in [-0.4, -0.2) is 30.3 Å². The van der Waals surface area contributed by atoms with E-state index in [-0.39, 0.29) is 17.7 Å². The van der Waals surface area contributed by atoms with Crippen molar-refractivity contribution in [1.29, 1.82) is 0 Å². The molecule has 1 atom stereocenters. The Bertz CT molecular complexity index is 1790. The number of halogens is 6. The largest absolute Gasteiger partial charge is 0.489 e. The summed E-state index contributed by atoms with van der Waals surface area (Å²) in [6.07, 6.45) is 2.02. The SMILES string of the molecule is OC(Cn1cnnn1)(c1ccc(F)cc1F)C(F)(F)c1ccc(C#Cc2ccc(OCc3ccc(F)cc3F)cc2)cn1. The molecule has 0 spiro atoms. The summed E-state index contributed by atoms with van der Waals surface area (Å²) in [6.45, 7) is -1.09. The molecule has 0 aliphatic rings. The predicted molar refractivity (Wildman–Crippen MR) is 139 cm³/mol. The van der Waals surface area contributed by atoms with Gasteiger partial charge in [-0.1, -0.05) is 11.8 Å². The first-order valence-electron chi connectivity index (χ1n) is 12.5. The molecule has 1 N–H and O–H groups in total. The molecule has 43 heavy (non-hydrogen) atoms. The maximum Gasteiger partial charge on any atom is 0.323 e. The van der Waals surface area contributed by atoms with E-state index in [0.29, 0.717) is 17.4 Å². The molecule has 0 bridgehead atoms. The van der Waals surface area contributed by atoms with Crippen molar-refractivity contribution in [2.75, 3.05) is 0 Å². The lowest BCUT2D eigenvalue weighted by atomic mass is 9.84. The van der Waals surface area contributed by atoms with Crippen molar-refractivity contribution < 1.29 is 36.2 Å². The van der Waals surface area contributed by atoms with Crippen LogP contribution in [0.2, 0.25) is 0 Å². The number of rotatable bonds is 8. The van der Waals surface area contributed by atoms with Crippen molar-refractivity contribution in [2.24, 2.45) is 0 Å². The number of aliphatic hydroxyl groups is 1. The fourth-order valence-electron chi connectivity index (χ4n) is 4.11. The van der Waals surface area contributed by atoms with E-state index in [1.54, 1.807) is 24.3 Å². The van der Waals surface area contributed by atoms with Gasteiger partial charge in [0, 0.05) is 40.6 Å². The van der Waals surface area contributed by atoms with Crippen LogP contribution in [0, 0.1) is 35.1 Å². The number of alkyl halides is 2. The van der Waals surface area contributed by atoms with Crippen LogP contribution in [0.5, 0.6) is 5.75 Å². The summed E-state index contributed by atoms with van der Waals surface area (Å²) in [5.74, 6) is -1.99. The number of aromatic nitrogens is 5. The highest BCUT2D eigenvalue weighted by molar-refractivity contribution is 5.44. The molecule has 0 aliphatic carbocycles. The minimum absolute atomic E-state index is 0.113. The van der Waals surface area contributed by atoms with E-state index in [0.717, 1.165) is 47.5 Å². The van der Waals surface area contributed by atoms with E-state index in [1.165, 1.54) is 12.1 Å². The van der Waals surface area contributed by atoms with Gasteiger partial charge in [0.1, 0.15) is 47.6 Å². The highest BCUT2D eigenvalue weighted by atomic mass is 19.3. The van der Waals surface area contributed by atoms with Crippen molar-refractivity contribution in [1.82, 2.24) is 25.2 Å². The van der Waals surface area contributed by atoms with Crippen molar-refractivity contribution in [3.05, 3.63) is 137 Å². The zero-order valence-corrected chi connectivity index (χ0v) is 21.9. The van der Waals surface area contributed by atoms with Crippen molar-refractivity contribution in [3.63, 3.8) is 0 Å². The van der Waals surface area contributed by atoms with Gasteiger partial charge in [0.15, 0.2) is 5.60 Å². The van der Waals surface area contributed by atoms with Crippen LogP contribution in [0.15, 0.2) is 85.3 Å². The molecule has 0 aliphatic heterocycles. The van der Waals surface area contributed by atoms with Gasteiger partial charge in [-0.3, -0.25) is 4.98 Å². The average molecular weight is 596 g/mol. The fraction of sp³-hybridized carbons (Fsp3) is 0.133. The molecule has 0 radical (unpaired) electrons. The van der Waals surface area contributed by atoms with Gasteiger partial charge in [-0.05, 0) is 71.1 Å². The van der Waals surface area contributed by atoms with Gasteiger partial charge in [0.05, 0.1) is 6.54 Å². The molecule has 0 saturated carbocycles. The summed E-state index contributed by atoms with van der Waals surface area (Å²) in [7, 11) is 0. The first-order chi connectivity index (χ1) is 20.5. The van der Waals surface area contributed by atoms with Crippen molar-refractivity contribution >= 4 is 0 Å². The molecule has 218 valence electrons. The van der Waals surface area contributed by atoms with Gasteiger partial charge in [-0.25, -0.2) is 22.2 Å². The zero-order chi connectivity index (χ0) is 30.6. The number of ether oxygens (including phenoxy) is 1. The maximum absolute atomic E-state index is 15.9. The molecule has 5 rings (SSSR count). The Labute approximate surface area is 240 Å². The first kappa shape index (κ1) is 29.3. The van der Waals surface area contributed by atoms with E-state index in [1.807, 2.05) is 0 Å². The number of hydrogen-bond acceptors (Lipinski definition) is 6. The molecule has 13 heteroatoms. The number of nitrogens with zero attached hydrogens (tertiary/aromatic N) is 5. The number of pyridine rings is 1. The average Bonchev–Trinajstić information content (AvgIpc) is 3.49. The van der Waals surface area contributed by atoms with E-state index >= 15 is 8.78 Å². The molecule has 0 saturated heterocycles. The summed E-state index contributed by atoms with van der Waals surface area (Å²) >= 11 is 0. The Morgan fingerprint density at radius 2 is 1.49 bits per heavy atom. The summed E-state index contributed by atoms with van der Waals surface area (Å²) in [4.78, 5) is 3.77. The van der Waals surface area contributed by atoms with Gasteiger partial charge >= 0.3 is 5.92 Å². The molecule has 0 amide bonds. The van der Waals surface area contributed by atoms with Gasteiger partial charge < -0.3 is 9.84 Å². The monoisotopic (exact) mass is 595 g/mol. The lowest BCUT2D eigenvalue weighted by Crippen LogP contribution is -2.48. The highest BCUT2D eigenvalue weighted by Gasteiger charge is 2.58. The second kappa shape index (κ2) is 11.9. The van der Waals surface area contributed by atoms with Crippen LogP contribution in [0.25, 0.3) is 0 Å². The van der Waals surface area contributed by atoms with Gasteiger partial charge in [-0.15, -0.1) is 5.10 Å². The Morgan fingerprint density at radius 1 is 0.814 bits per heavy atom. The van der Waals surface area contributed by atoms with Crippen molar-refractivity contribution in [2.45, 2.75) is 24.7 Å². The molecule has 5 aromatic rings. The molecule has 3 aromatic carbocycles. The van der Waals surface area contributed by atoms with Gasteiger partial charge in [-0.2, -0.15) is 8.78 Å². The number of hydrogen-bond donors (Lipinski definition) is 1. The Kier molecular flexibility index (Phi) is 8.13.